The molecule has 4 nitrogen and oxygen atoms in total. The van der Waals surface area contributed by atoms with Gasteiger partial charge in [-0.3, -0.25) is 14.9 Å². The van der Waals surface area contributed by atoms with E-state index in [0.717, 1.165) is 6.42 Å². The van der Waals surface area contributed by atoms with Gasteiger partial charge in [0.1, 0.15) is 0 Å². The first-order valence-electron chi connectivity index (χ1n) is 4.58. The highest BCUT2D eigenvalue weighted by molar-refractivity contribution is 5.97. The lowest BCUT2D eigenvalue weighted by Gasteiger charge is -2.14. The molecular formula is C9H18N2O2. The summed E-state index contributed by atoms with van der Waals surface area (Å²) < 4.78 is 0. The second-order valence-electron chi connectivity index (χ2n) is 3.43. The van der Waals surface area contributed by atoms with Crippen molar-refractivity contribution in [2.75, 3.05) is 0 Å². The van der Waals surface area contributed by atoms with Crippen LogP contribution in [-0.4, -0.2) is 17.9 Å². The summed E-state index contributed by atoms with van der Waals surface area (Å²) in [5, 5.41) is 2.26. The van der Waals surface area contributed by atoms with E-state index < -0.39 is 6.04 Å². The highest BCUT2D eigenvalue weighted by Crippen LogP contribution is 1.98. The zero-order valence-electron chi connectivity index (χ0n) is 8.46. The largest absolute Gasteiger partial charge is 0.320 e. The van der Waals surface area contributed by atoms with Crippen molar-refractivity contribution in [1.82, 2.24) is 5.32 Å². The molecule has 2 amide bonds. The molecule has 1 atom stereocenters. The van der Waals surface area contributed by atoms with E-state index in [9.17, 15) is 9.59 Å². The van der Waals surface area contributed by atoms with Crippen molar-refractivity contribution in [3.63, 3.8) is 0 Å². The molecule has 4 heteroatoms. The lowest BCUT2D eigenvalue weighted by atomic mass is 10.1. The number of carbonyl (C=O) groups excluding carboxylic acids is 2. The van der Waals surface area contributed by atoms with Crippen molar-refractivity contribution in [1.29, 1.82) is 0 Å². The Morgan fingerprint density at radius 2 is 1.92 bits per heavy atom. The molecule has 3 N–H and O–H groups in total. The van der Waals surface area contributed by atoms with Gasteiger partial charge in [0, 0.05) is 6.42 Å². The number of hydrogen-bond acceptors (Lipinski definition) is 3. The zero-order valence-corrected chi connectivity index (χ0v) is 8.46. The van der Waals surface area contributed by atoms with Gasteiger partial charge in [-0.05, 0) is 12.3 Å². The Hall–Kier alpha value is -0.900. The van der Waals surface area contributed by atoms with Gasteiger partial charge in [0.25, 0.3) is 0 Å². The predicted molar refractivity (Wildman–Crippen MR) is 50.9 cm³/mol. The molecule has 0 aromatic heterocycles. The Kier molecular flexibility index (Phi) is 5.30. The Morgan fingerprint density at radius 1 is 1.38 bits per heavy atom. The number of nitrogens with one attached hydrogen (secondary N) is 1. The summed E-state index contributed by atoms with van der Waals surface area (Å²) in [4.78, 5) is 22.2. The van der Waals surface area contributed by atoms with E-state index in [1.54, 1.807) is 0 Å². The van der Waals surface area contributed by atoms with Crippen LogP contribution in [0.5, 0.6) is 0 Å². The lowest BCUT2D eigenvalue weighted by molar-refractivity contribution is -0.131. The van der Waals surface area contributed by atoms with Gasteiger partial charge in [-0.2, -0.15) is 0 Å². The summed E-state index contributed by atoms with van der Waals surface area (Å²) in [5.41, 5.74) is 5.54. The van der Waals surface area contributed by atoms with E-state index in [1.807, 2.05) is 20.8 Å². The predicted octanol–water partition coefficient (Wildman–Crippen LogP) is 0.413. The SMILES string of the molecule is CCCC(=O)NC(=O)C(N)C(C)C. The molecule has 13 heavy (non-hydrogen) atoms. The molecule has 0 saturated carbocycles. The molecular weight excluding hydrogens is 168 g/mol. The number of imide groups is 1. The standard InChI is InChI=1S/C9H18N2O2/c1-4-5-7(12)11-9(13)8(10)6(2)3/h6,8H,4-5,10H2,1-3H3,(H,11,12,13). The van der Waals surface area contributed by atoms with Gasteiger partial charge < -0.3 is 5.73 Å². The van der Waals surface area contributed by atoms with Crippen molar-refractivity contribution < 1.29 is 9.59 Å². The van der Waals surface area contributed by atoms with Crippen LogP contribution in [0.25, 0.3) is 0 Å². The highest BCUT2D eigenvalue weighted by atomic mass is 16.2. The molecule has 0 aromatic carbocycles. The maximum absolute atomic E-state index is 11.2. The number of hydrogen-bond donors (Lipinski definition) is 2. The summed E-state index contributed by atoms with van der Waals surface area (Å²) in [7, 11) is 0. The summed E-state index contributed by atoms with van der Waals surface area (Å²) in [6, 6.07) is -0.596. The van der Waals surface area contributed by atoms with E-state index in [2.05, 4.69) is 5.32 Å². The van der Waals surface area contributed by atoms with Crippen molar-refractivity contribution in [3.8, 4) is 0 Å². The van der Waals surface area contributed by atoms with E-state index in [1.165, 1.54) is 0 Å². The van der Waals surface area contributed by atoms with Crippen molar-refractivity contribution in [2.45, 2.75) is 39.7 Å². The van der Waals surface area contributed by atoms with E-state index in [-0.39, 0.29) is 17.7 Å². The molecule has 0 heterocycles. The van der Waals surface area contributed by atoms with Gasteiger partial charge in [0.2, 0.25) is 11.8 Å². The molecule has 0 aliphatic rings. The fourth-order valence-electron chi connectivity index (χ4n) is 0.813. The summed E-state index contributed by atoms with van der Waals surface area (Å²) in [6.45, 7) is 5.56. The molecule has 0 aliphatic carbocycles. The Bertz CT molecular complexity index is 190. The van der Waals surface area contributed by atoms with Crippen LogP contribution in [-0.2, 0) is 9.59 Å². The molecule has 0 saturated heterocycles. The van der Waals surface area contributed by atoms with Crippen LogP contribution < -0.4 is 11.1 Å². The van der Waals surface area contributed by atoms with E-state index >= 15 is 0 Å². The molecule has 0 rings (SSSR count). The van der Waals surface area contributed by atoms with Crippen LogP contribution in [0, 0.1) is 5.92 Å². The maximum Gasteiger partial charge on any atom is 0.243 e. The third-order valence-corrected chi connectivity index (χ3v) is 1.76. The quantitative estimate of drug-likeness (QED) is 0.668. The molecule has 0 aliphatic heterocycles. The molecule has 0 radical (unpaired) electrons. The Balaban J connectivity index is 3.93. The minimum atomic E-state index is -0.596. The normalized spacial score (nSPS) is 12.7. The van der Waals surface area contributed by atoms with Crippen LogP contribution >= 0.6 is 0 Å². The molecule has 0 spiro atoms. The van der Waals surface area contributed by atoms with Crippen LogP contribution in [0.1, 0.15) is 33.6 Å². The first-order chi connectivity index (χ1) is 5.99. The highest BCUT2D eigenvalue weighted by Gasteiger charge is 2.18. The van der Waals surface area contributed by atoms with Crippen LogP contribution in [0.3, 0.4) is 0 Å². The van der Waals surface area contributed by atoms with Crippen LogP contribution in [0.2, 0.25) is 0 Å². The van der Waals surface area contributed by atoms with Crippen molar-refractivity contribution in [2.24, 2.45) is 11.7 Å². The molecule has 0 bridgehead atoms. The number of rotatable bonds is 4. The van der Waals surface area contributed by atoms with Gasteiger partial charge in [0.15, 0.2) is 0 Å². The molecule has 76 valence electrons. The molecule has 0 aromatic rings. The van der Waals surface area contributed by atoms with Gasteiger partial charge in [-0.1, -0.05) is 20.8 Å². The van der Waals surface area contributed by atoms with E-state index in [0.29, 0.717) is 6.42 Å². The molecule has 1 unspecified atom stereocenters. The van der Waals surface area contributed by atoms with Gasteiger partial charge in [0.05, 0.1) is 6.04 Å². The number of nitrogens with two attached hydrogens (primary N) is 1. The average Bonchev–Trinajstić information content (AvgIpc) is 2.03. The van der Waals surface area contributed by atoms with Gasteiger partial charge >= 0.3 is 0 Å². The van der Waals surface area contributed by atoms with Crippen molar-refractivity contribution in [3.05, 3.63) is 0 Å². The second kappa shape index (κ2) is 5.70. The van der Waals surface area contributed by atoms with Crippen LogP contribution in [0.4, 0.5) is 0 Å². The minimum absolute atomic E-state index is 0.0504. The Labute approximate surface area is 78.9 Å². The summed E-state index contributed by atoms with van der Waals surface area (Å²) in [5.74, 6) is -0.577. The van der Waals surface area contributed by atoms with Crippen molar-refractivity contribution >= 4 is 11.8 Å². The molecule has 0 fully saturated rings. The lowest BCUT2D eigenvalue weighted by Crippen LogP contribution is -2.46. The third kappa shape index (κ3) is 4.62. The second-order valence-corrected chi connectivity index (χ2v) is 3.43. The minimum Gasteiger partial charge on any atom is -0.320 e. The third-order valence-electron chi connectivity index (χ3n) is 1.76. The fourth-order valence-corrected chi connectivity index (χ4v) is 0.813. The Morgan fingerprint density at radius 3 is 2.31 bits per heavy atom. The fraction of sp³-hybridized carbons (Fsp3) is 0.778. The summed E-state index contributed by atoms with van der Waals surface area (Å²) in [6.07, 6.45) is 1.10. The maximum atomic E-state index is 11.2. The number of carbonyl (C=O) groups is 2. The number of amides is 2. The zero-order chi connectivity index (χ0) is 10.4. The summed E-state index contributed by atoms with van der Waals surface area (Å²) >= 11 is 0. The van der Waals surface area contributed by atoms with Gasteiger partial charge in [-0.15, -0.1) is 0 Å². The first kappa shape index (κ1) is 12.1. The van der Waals surface area contributed by atoms with E-state index in [4.69, 9.17) is 5.73 Å². The van der Waals surface area contributed by atoms with Crippen LogP contribution in [0.15, 0.2) is 0 Å². The van der Waals surface area contributed by atoms with Gasteiger partial charge in [-0.25, -0.2) is 0 Å². The smallest absolute Gasteiger partial charge is 0.243 e. The average molecular weight is 186 g/mol. The first-order valence-corrected chi connectivity index (χ1v) is 4.58. The topological polar surface area (TPSA) is 72.2 Å². The monoisotopic (exact) mass is 186 g/mol.